The Labute approximate surface area is 76.7 Å². The molecule has 0 unspecified atom stereocenters. The molecule has 0 amide bonds. The zero-order valence-corrected chi connectivity index (χ0v) is 7.75. The van der Waals surface area contributed by atoms with Gasteiger partial charge in [-0.2, -0.15) is 0 Å². The van der Waals surface area contributed by atoms with Crippen LogP contribution in [0.5, 0.6) is 0 Å². The third-order valence-electron chi connectivity index (χ3n) is 1.86. The summed E-state index contributed by atoms with van der Waals surface area (Å²) in [7, 11) is 0. The van der Waals surface area contributed by atoms with Crippen molar-refractivity contribution in [3.63, 3.8) is 0 Å². The molecule has 4 heteroatoms. The first-order valence-corrected chi connectivity index (χ1v) is 4.00. The van der Waals surface area contributed by atoms with Crippen molar-refractivity contribution in [1.29, 1.82) is 0 Å². The lowest BCUT2D eigenvalue weighted by atomic mass is 9.90. The van der Waals surface area contributed by atoms with E-state index in [0.29, 0.717) is 12.3 Å². The molecule has 0 fully saturated rings. The second-order valence-electron chi connectivity index (χ2n) is 3.55. The van der Waals surface area contributed by atoms with E-state index in [4.69, 9.17) is 5.90 Å². The van der Waals surface area contributed by atoms with Gasteiger partial charge in [-0.1, -0.05) is 13.8 Å². The number of nitrogens with zero attached hydrogens (tertiary/aromatic N) is 1. The van der Waals surface area contributed by atoms with E-state index in [0.717, 1.165) is 0 Å². The van der Waals surface area contributed by atoms with Crippen molar-refractivity contribution in [3.05, 3.63) is 29.8 Å². The lowest BCUT2D eigenvalue weighted by Gasteiger charge is -2.21. The molecule has 0 saturated heterocycles. The molecule has 1 aromatic heterocycles. The summed E-state index contributed by atoms with van der Waals surface area (Å²) in [5.41, 5.74) is 0.273. The highest BCUT2D eigenvalue weighted by Crippen LogP contribution is 2.21. The molecule has 72 valence electrons. The summed E-state index contributed by atoms with van der Waals surface area (Å²) in [5, 5.41) is 0. The minimum absolute atomic E-state index is 0.296. The van der Waals surface area contributed by atoms with Crippen molar-refractivity contribution in [1.82, 2.24) is 4.98 Å². The maximum absolute atomic E-state index is 12.8. The lowest BCUT2D eigenvalue weighted by molar-refractivity contribution is 0.0948. The van der Waals surface area contributed by atoms with E-state index in [2.05, 4.69) is 9.82 Å². The van der Waals surface area contributed by atoms with Crippen LogP contribution in [0.25, 0.3) is 0 Å². The van der Waals surface area contributed by atoms with Crippen LogP contribution < -0.4 is 5.90 Å². The second-order valence-corrected chi connectivity index (χ2v) is 3.55. The van der Waals surface area contributed by atoms with Gasteiger partial charge in [-0.3, -0.25) is 4.98 Å². The number of hydrogen-bond acceptors (Lipinski definition) is 3. The minimum atomic E-state index is -0.364. The van der Waals surface area contributed by atoms with Crippen LogP contribution in [-0.4, -0.2) is 11.6 Å². The van der Waals surface area contributed by atoms with Gasteiger partial charge in [0, 0.05) is 11.6 Å². The van der Waals surface area contributed by atoms with Crippen molar-refractivity contribution >= 4 is 0 Å². The van der Waals surface area contributed by atoms with Crippen molar-refractivity contribution in [2.45, 2.75) is 19.3 Å². The Bertz CT molecular complexity index is 289. The molecule has 0 aliphatic heterocycles. The highest BCUT2D eigenvalue weighted by atomic mass is 19.1. The van der Waals surface area contributed by atoms with Crippen molar-refractivity contribution in [2.24, 2.45) is 5.90 Å². The molecule has 0 radical (unpaired) electrons. The summed E-state index contributed by atoms with van der Waals surface area (Å²) in [6.07, 6.45) is 1.43. The predicted octanol–water partition coefficient (Wildman–Crippen LogP) is 1.39. The third kappa shape index (κ3) is 2.47. The highest BCUT2D eigenvalue weighted by Gasteiger charge is 2.22. The van der Waals surface area contributed by atoms with Crippen LogP contribution in [0.4, 0.5) is 4.39 Å². The van der Waals surface area contributed by atoms with E-state index in [1.165, 1.54) is 18.3 Å². The molecule has 0 aliphatic carbocycles. The van der Waals surface area contributed by atoms with Crippen LogP contribution >= 0.6 is 0 Å². The SMILES string of the molecule is CC(C)(CON)c1cc(F)ccn1. The maximum atomic E-state index is 12.8. The molecule has 1 rings (SSSR count). The summed E-state index contributed by atoms with van der Waals surface area (Å²) in [4.78, 5) is 8.59. The molecule has 2 N–H and O–H groups in total. The number of pyridine rings is 1. The van der Waals surface area contributed by atoms with Gasteiger partial charge in [0.15, 0.2) is 0 Å². The first-order valence-electron chi connectivity index (χ1n) is 4.00. The zero-order chi connectivity index (χ0) is 9.90. The number of aromatic nitrogens is 1. The molecule has 1 aromatic rings. The molecule has 0 atom stereocenters. The van der Waals surface area contributed by atoms with Gasteiger partial charge in [-0.15, -0.1) is 0 Å². The van der Waals surface area contributed by atoms with Gasteiger partial charge in [-0.05, 0) is 12.1 Å². The average molecular weight is 184 g/mol. The number of hydrogen-bond donors (Lipinski definition) is 1. The molecule has 1 heterocycles. The Morgan fingerprint density at radius 3 is 2.85 bits per heavy atom. The Morgan fingerprint density at radius 2 is 2.31 bits per heavy atom. The average Bonchev–Trinajstić information content (AvgIpc) is 2.04. The van der Waals surface area contributed by atoms with E-state index in [1.54, 1.807) is 0 Å². The molecule has 0 spiro atoms. The topological polar surface area (TPSA) is 48.1 Å². The summed E-state index contributed by atoms with van der Waals surface area (Å²) < 4.78 is 12.8. The zero-order valence-electron chi connectivity index (χ0n) is 7.75. The Morgan fingerprint density at radius 1 is 1.62 bits per heavy atom. The van der Waals surface area contributed by atoms with Crippen molar-refractivity contribution in [3.8, 4) is 0 Å². The van der Waals surface area contributed by atoms with E-state index in [1.807, 2.05) is 13.8 Å². The Hall–Kier alpha value is -1.00. The van der Waals surface area contributed by atoms with Gasteiger partial charge in [0.25, 0.3) is 0 Å². The summed E-state index contributed by atoms with van der Waals surface area (Å²) in [6, 6.07) is 2.70. The van der Waals surface area contributed by atoms with Crippen molar-refractivity contribution in [2.75, 3.05) is 6.61 Å². The van der Waals surface area contributed by atoms with E-state index >= 15 is 0 Å². The first kappa shape index (κ1) is 10.1. The fourth-order valence-corrected chi connectivity index (χ4v) is 1.06. The molecule has 3 nitrogen and oxygen atoms in total. The first-order chi connectivity index (χ1) is 6.06. The molecule has 0 aliphatic rings. The fourth-order valence-electron chi connectivity index (χ4n) is 1.06. The molecule has 0 bridgehead atoms. The van der Waals surface area contributed by atoms with Crippen LogP contribution in [0.15, 0.2) is 18.3 Å². The fraction of sp³-hybridized carbons (Fsp3) is 0.444. The number of nitrogens with two attached hydrogens (primary N) is 1. The van der Waals surface area contributed by atoms with Gasteiger partial charge >= 0.3 is 0 Å². The highest BCUT2D eigenvalue weighted by molar-refractivity contribution is 5.15. The standard InChI is InChI=1S/C9H13FN2O/c1-9(2,6-13-11)8-5-7(10)3-4-12-8/h3-5H,6,11H2,1-2H3. The smallest absolute Gasteiger partial charge is 0.126 e. The van der Waals surface area contributed by atoms with Crippen LogP contribution in [0.2, 0.25) is 0 Å². The summed E-state index contributed by atoms with van der Waals surface area (Å²) in [6.45, 7) is 4.09. The van der Waals surface area contributed by atoms with Gasteiger partial charge in [-0.25, -0.2) is 10.3 Å². The molecule has 0 aromatic carbocycles. The van der Waals surface area contributed by atoms with E-state index in [9.17, 15) is 4.39 Å². The predicted molar refractivity (Wildman–Crippen MR) is 47.4 cm³/mol. The van der Waals surface area contributed by atoms with Crippen LogP contribution in [0.3, 0.4) is 0 Å². The quantitative estimate of drug-likeness (QED) is 0.722. The Balaban J connectivity index is 2.93. The van der Waals surface area contributed by atoms with E-state index < -0.39 is 0 Å². The molecule has 13 heavy (non-hydrogen) atoms. The monoisotopic (exact) mass is 184 g/mol. The minimum Gasteiger partial charge on any atom is -0.304 e. The summed E-state index contributed by atoms with van der Waals surface area (Å²) >= 11 is 0. The maximum Gasteiger partial charge on any atom is 0.126 e. The lowest BCUT2D eigenvalue weighted by Crippen LogP contribution is -2.27. The van der Waals surface area contributed by atoms with Gasteiger partial charge in [0.05, 0.1) is 12.3 Å². The Kier molecular flexibility index (Phi) is 2.95. The van der Waals surface area contributed by atoms with Crippen LogP contribution in [0.1, 0.15) is 19.5 Å². The second kappa shape index (κ2) is 3.81. The molecular weight excluding hydrogens is 171 g/mol. The van der Waals surface area contributed by atoms with Gasteiger partial charge < -0.3 is 4.84 Å². The largest absolute Gasteiger partial charge is 0.304 e. The van der Waals surface area contributed by atoms with Crippen molar-refractivity contribution < 1.29 is 9.23 Å². The number of halogens is 1. The normalized spacial score (nSPS) is 11.7. The molecular formula is C9H13FN2O. The summed E-state index contributed by atoms with van der Waals surface area (Å²) in [5.74, 6) is 4.67. The van der Waals surface area contributed by atoms with E-state index in [-0.39, 0.29) is 11.2 Å². The van der Waals surface area contributed by atoms with Gasteiger partial charge in [0.1, 0.15) is 5.82 Å². The number of rotatable bonds is 3. The van der Waals surface area contributed by atoms with Crippen LogP contribution in [-0.2, 0) is 10.3 Å². The van der Waals surface area contributed by atoms with Crippen LogP contribution in [0, 0.1) is 5.82 Å². The molecule has 0 saturated carbocycles. The van der Waals surface area contributed by atoms with Gasteiger partial charge in [0.2, 0.25) is 0 Å². The third-order valence-corrected chi connectivity index (χ3v) is 1.86.